The number of halogens is 2. The van der Waals surface area contributed by atoms with Gasteiger partial charge in [-0.1, -0.05) is 0 Å². The molecule has 3 rings (SSSR count). The summed E-state index contributed by atoms with van der Waals surface area (Å²) in [4.78, 5) is 15.7. The van der Waals surface area contributed by atoms with Crippen LogP contribution in [0, 0.1) is 0 Å². The van der Waals surface area contributed by atoms with E-state index in [2.05, 4.69) is 25.3 Å². The zero-order chi connectivity index (χ0) is 12.5. The highest BCUT2D eigenvalue weighted by atomic mass is 35.5. The van der Waals surface area contributed by atoms with Gasteiger partial charge in [-0.05, 0) is 41.4 Å². The summed E-state index contributed by atoms with van der Waals surface area (Å²) in [5.41, 5.74) is 3.59. The number of nitrogens with zero attached hydrogens (tertiary/aromatic N) is 4. The summed E-state index contributed by atoms with van der Waals surface area (Å²) >= 11 is 13.0. The molecule has 1 N–H and O–H groups in total. The maximum absolute atomic E-state index is 5.70. The number of fused-ring (bicyclic) bond motifs is 1. The Hall–Kier alpha value is -1.50. The van der Waals surface area contributed by atoms with Crippen LogP contribution in [0.4, 0.5) is 11.6 Å². The van der Waals surface area contributed by atoms with E-state index in [1.807, 2.05) is 18.2 Å². The first-order valence-electron chi connectivity index (χ1n) is 4.88. The molecule has 18 heavy (non-hydrogen) atoms. The van der Waals surface area contributed by atoms with Gasteiger partial charge < -0.3 is 5.32 Å². The van der Waals surface area contributed by atoms with Gasteiger partial charge in [-0.2, -0.15) is 15.0 Å². The number of anilines is 2. The first-order valence-corrected chi connectivity index (χ1v) is 6.51. The van der Waals surface area contributed by atoms with E-state index < -0.39 is 0 Å². The van der Waals surface area contributed by atoms with Crippen LogP contribution in [0.15, 0.2) is 23.7 Å². The van der Waals surface area contributed by atoms with Crippen molar-refractivity contribution >= 4 is 56.4 Å². The molecule has 0 atom stereocenters. The van der Waals surface area contributed by atoms with Crippen molar-refractivity contribution in [2.45, 2.75) is 0 Å². The van der Waals surface area contributed by atoms with Crippen LogP contribution in [0.2, 0.25) is 10.6 Å². The molecular formula is C10H5Cl2N5S. The normalized spacial score (nSPS) is 10.8. The highest BCUT2D eigenvalue weighted by Gasteiger charge is 2.04. The van der Waals surface area contributed by atoms with E-state index in [9.17, 15) is 0 Å². The number of thiazole rings is 1. The second-order valence-corrected chi connectivity index (χ2v) is 4.92. The lowest BCUT2D eigenvalue weighted by Gasteiger charge is -2.04. The Morgan fingerprint density at radius 1 is 1.06 bits per heavy atom. The van der Waals surface area contributed by atoms with Crippen LogP contribution in [-0.4, -0.2) is 19.9 Å². The fourth-order valence-electron chi connectivity index (χ4n) is 1.44. The second-order valence-electron chi connectivity index (χ2n) is 3.36. The first-order chi connectivity index (χ1) is 8.70. The molecule has 0 aliphatic carbocycles. The third kappa shape index (κ3) is 2.35. The first kappa shape index (κ1) is 11.6. The highest BCUT2D eigenvalue weighted by Crippen LogP contribution is 2.23. The predicted octanol–water partition coefficient (Wildman–Crippen LogP) is 3.53. The van der Waals surface area contributed by atoms with Crippen LogP contribution in [0.1, 0.15) is 0 Å². The summed E-state index contributed by atoms with van der Waals surface area (Å²) < 4.78 is 1.08. The van der Waals surface area contributed by atoms with Gasteiger partial charge >= 0.3 is 0 Å². The lowest BCUT2D eigenvalue weighted by atomic mass is 10.3. The number of benzene rings is 1. The molecule has 0 aliphatic rings. The van der Waals surface area contributed by atoms with Gasteiger partial charge in [0, 0.05) is 5.69 Å². The topological polar surface area (TPSA) is 63.6 Å². The zero-order valence-corrected chi connectivity index (χ0v) is 11.1. The van der Waals surface area contributed by atoms with Crippen molar-refractivity contribution in [3.8, 4) is 0 Å². The van der Waals surface area contributed by atoms with Crippen molar-refractivity contribution < 1.29 is 0 Å². The monoisotopic (exact) mass is 297 g/mol. The molecular weight excluding hydrogens is 293 g/mol. The summed E-state index contributed by atoms with van der Waals surface area (Å²) in [6.45, 7) is 0. The number of rotatable bonds is 2. The molecule has 5 nitrogen and oxygen atoms in total. The van der Waals surface area contributed by atoms with Gasteiger partial charge in [-0.15, -0.1) is 11.3 Å². The van der Waals surface area contributed by atoms with E-state index >= 15 is 0 Å². The molecule has 0 amide bonds. The lowest BCUT2D eigenvalue weighted by Crippen LogP contribution is -1.99. The maximum Gasteiger partial charge on any atom is 0.232 e. The van der Waals surface area contributed by atoms with E-state index in [1.54, 1.807) is 16.8 Å². The zero-order valence-electron chi connectivity index (χ0n) is 8.76. The van der Waals surface area contributed by atoms with Crippen molar-refractivity contribution in [3.05, 3.63) is 34.3 Å². The molecule has 0 spiro atoms. The summed E-state index contributed by atoms with van der Waals surface area (Å²) in [5.74, 6) is 0.309. The largest absolute Gasteiger partial charge is 0.324 e. The summed E-state index contributed by atoms with van der Waals surface area (Å²) in [6, 6.07) is 5.75. The van der Waals surface area contributed by atoms with Gasteiger partial charge in [0.05, 0.1) is 15.7 Å². The van der Waals surface area contributed by atoms with E-state index in [0.29, 0.717) is 5.95 Å². The highest BCUT2D eigenvalue weighted by molar-refractivity contribution is 7.16. The SMILES string of the molecule is Clc1nc(Cl)nc(Nc2ccc3ncsc3c2)n1. The van der Waals surface area contributed by atoms with Crippen molar-refractivity contribution in [1.29, 1.82) is 0 Å². The summed E-state index contributed by atoms with van der Waals surface area (Å²) in [5, 5.41) is 3.12. The Morgan fingerprint density at radius 3 is 2.61 bits per heavy atom. The molecule has 2 heterocycles. The molecule has 3 aromatic rings. The molecule has 2 aromatic heterocycles. The molecule has 8 heteroatoms. The second kappa shape index (κ2) is 4.64. The molecule has 0 aliphatic heterocycles. The number of hydrogen-bond donors (Lipinski definition) is 1. The quantitative estimate of drug-likeness (QED) is 0.784. The lowest BCUT2D eigenvalue weighted by molar-refractivity contribution is 1.05. The third-order valence-corrected chi connectivity index (χ3v) is 3.30. The summed E-state index contributed by atoms with van der Waals surface area (Å²) in [6.07, 6.45) is 0. The van der Waals surface area contributed by atoms with Gasteiger partial charge in [0.2, 0.25) is 16.5 Å². The minimum Gasteiger partial charge on any atom is -0.324 e. The smallest absolute Gasteiger partial charge is 0.232 e. The van der Waals surface area contributed by atoms with Gasteiger partial charge in [-0.25, -0.2) is 4.98 Å². The molecule has 0 saturated carbocycles. The number of hydrogen-bond acceptors (Lipinski definition) is 6. The van der Waals surface area contributed by atoms with Crippen LogP contribution < -0.4 is 5.32 Å². The van der Waals surface area contributed by atoms with Crippen molar-refractivity contribution in [1.82, 2.24) is 19.9 Å². The Morgan fingerprint density at radius 2 is 1.83 bits per heavy atom. The van der Waals surface area contributed by atoms with Gasteiger partial charge in [0.1, 0.15) is 0 Å². The van der Waals surface area contributed by atoms with E-state index in [4.69, 9.17) is 23.2 Å². The van der Waals surface area contributed by atoms with E-state index in [-0.39, 0.29) is 10.6 Å². The van der Waals surface area contributed by atoms with Crippen LogP contribution in [0.5, 0.6) is 0 Å². The van der Waals surface area contributed by atoms with Crippen LogP contribution >= 0.6 is 34.5 Å². The predicted molar refractivity (Wildman–Crippen MR) is 72.7 cm³/mol. The average molecular weight is 298 g/mol. The Kier molecular flexibility index (Phi) is 2.99. The van der Waals surface area contributed by atoms with Crippen molar-refractivity contribution in [2.75, 3.05) is 5.32 Å². The number of nitrogens with one attached hydrogen (secondary N) is 1. The maximum atomic E-state index is 5.70. The Balaban J connectivity index is 1.95. The third-order valence-electron chi connectivity index (χ3n) is 2.17. The van der Waals surface area contributed by atoms with Gasteiger partial charge in [0.25, 0.3) is 0 Å². The standard InChI is InChI=1S/C10H5Cl2N5S/c11-8-15-9(12)17-10(16-8)14-5-1-2-6-7(3-5)18-4-13-6/h1-4H,(H,14,15,16,17). The van der Waals surface area contributed by atoms with Crippen molar-refractivity contribution in [2.24, 2.45) is 0 Å². The Labute approximate surface area is 116 Å². The minimum absolute atomic E-state index is 0.0522. The van der Waals surface area contributed by atoms with Crippen LogP contribution in [0.25, 0.3) is 10.2 Å². The minimum atomic E-state index is 0.0522. The van der Waals surface area contributed by atoms with E-state index in [1.165, 1.54) is 0 Å². The molecule has 0 radical (unpaired) electrons. The molecule has 90 valence electrons. The molecule has 0 saturated heterocycles. The molecule has 0 bridgehead atoms. The summed E-state index contributed by atoms with van der Waals surface area (Å²) in [7, 11) is 0. The molecule has 0 fully saturated rings. The van der Waals surface area contributed by atoms with Crippen LogP contribution in [-0.2, 0) is 0 Å². The van der Waals surface area contributed by atoms with E-state index in [0.717, 1.165) is 15.9 Å². The molecule has 1 aromatic carbocycles. The average Bonchev–Trinajstić information content (AvgIpc) is 2.74. The van der Waals surface area contributed by atoms with Crippen LogP contribution in [0.3, 0.4) is 0 Å². The Bertz CT molecular complexity index is 694. The number of aromatic nitrogens is 4. The van der Waals surface area contributed by atoms with Gasteiger partial charge in [0.15, 0.2) is 0 Å². The van der Waals surface area contributed by atoms with Gasteiger partial charge in [-0.3, -0.25) is 0 Å². The fourth-order valence-corrected chi connectivity index (χ4v) is 2.52. The van der Waals surface area contributed by atoms with Crippen molar-refractivity contribution in [3.63, 3.8) is 0 Å². The molecule has 0 unspecified atom stereocenters. The fraction of sp³-hybridized carbons (Fsp3) is 0.